The summed E-state index contributed by atoms with van der Waals surface area (Å²) >= 11 is 0. The zero-order valence-corrected chi connectivity index (χ0v) is 13.8. The van der Waals surface area contributed by atoms with Gasteiger partial charge in [-0.2, -0.15) is 0 Å². The van der Waals surface area contributed by atoms with E-state index in [0.29, 0.717) is 0 Å². The molecule has 0 aromatic carbocycles. The summed E-state index contributed by atoms with van der Waals surface area (Å²) in [7, 11) is -1.45. The fourth-order valence-electron chi connectivity index (χ4n) is 3.22. The molecule has 1 atom stereocenters. The second-order valence-electron chi connectivity index (χ2n) is 5.48. The number of rotatable bonds is 9. The average Bonchev–Trinajstić information content (AvgIpc) is 2.41. The Morgan fingerprint density at radius 2 is 1.61 bits per heavy atom. The molecule has 0 N–H and O–H groups in total. The van der Waals surface area contributed by atoms with Crippen LogP contribution in [-0.4, -0.2) is 22.5 Å². The maximum atomic E-state index is 6.01. The van der Waals surface area contributed by atoms with Gasteiger partial charge in [0.1, 0.15) is 0 Å². The zero-order valence-electron chi connectivity index (χ0n) is 12.6. The maximum absolute atomic E-state index is 6.01. The smallest absolute Gasteiger partial charge is 0.324 e. The van der Waals surface area contributed by atoms with E-state index >= 15 is 0 Å². The van der Waals surface area contributed by atoms with Crippen LogP contribution in [0.25, 0.3) is 0 Å². The van der Waals surface area contributed by atoms with Gasteiger partial charge < -0.3 is 8.85 Å². The molecule has 108 valence electrons. The molecule has 1 fully saturated rings. The predicted octanol–water partition coefficient (Wildman–Crippen LogP) is 4.42. The van der Waals surface area contributed by atoms with Crippen LogP contribution in [0.4, 0.5) is 0 Å². The molecule has 0 radical (unpaired) electrons. The van der Waals surface area contributed by atoms with Crippen molar-refractivity contribution in [2.75, 3.05) is 13.2 Å². The van der Waals surface area contributed by atoms with Crippen molar-refractivity contribution in [2.24, 2.45) is 5.92 Å². The summed E-state index contributed by atoms with van der Waals surface area (Å²) in [6, 6.07) is 0. The van der Waals surface area contributed by atoms with Gasteiger partial charge in [0, 0.05) is 18.8 Å². The molecule has 0 bridgehead atoms. The highest BCUT2D eigenvalue weighted by molar-refractivity contribution is 6.46. The van der Waals surface area contributed by atoms with Gasteiger partial charge in [0.15, 0.2) is 0 Å². The van der Waals surface area contributed by atoms with Crippen LogP contribution in [0, 0.1) is 5.92 Å². The Kier molecular flexibility index (Phi) is 8.98. The maximum Gasteiger partial charge on any atom is 0.324 e. The standard InChI is InChI=1S/C15H32O2Si/c1-4-7-13-15(14-11-9-8-10-12-14)18(16-5-2)17-6-3/h14-15,18H,4-13H2,1-3H3. The first-order valence-electron chi connectivity index (χ1n) is 8.06. The van der Waals surface area contributed by atoms with Gasteiger partial charge in [-0.1, -0.05) is 51.9 Å². The van der Waals surface area contributed by atoms with Crippen LogP contribution >= 0.6 is 0 Å². The van der Waals surface area contributed by atoms with E-state index in [2.05, 4.69) is 20.8 Å². The van der Waals surface area contributed by atoms with Crippen LogP contribution in [0.1, 0.15) is 72.1 Å². The second-order valence-corrected chi connectivity index (χ2v) is 7.74. The van der Waals surface area contributed by atoms with Crippen molar-refractivity contribution in [1.82, 2.24) is 0 Å². The van der Waals surface area contributed by atoms with Crippen LogP contribution in [0.3, 0.4) is 0 Å². The van der Waals surface area contributed by atoms with Gasteiger partial charge in [-0.05, 0) is 26.2 Å². The molecule has 0 aliphatic heterocycles. The quantitative estimate of drug-likeness (QED) is 0.578. The van der Waals surface area contributed by atoms with Crippen LogP contribution < -0.4 is 0 Å². The van der Waals surface area contributed by atoms with Crippen molar-refractivity contribution in [1.29, 1.82) is 0 Å². The van der Waals surface area contributed by atoms with Crippen molar-refractivity contribution in [3.8, 4) is 0 Å². The molecule has 0 spiro atoms. The normalized spacial score (nSPS) is 19.3. The van der Waals surface area contributed by atoms with Crippen LogP contribution in [-0.2, 0) is 8.85 Å². The van der Waals surface area contributed by atoms with Crippen LogP contribution in [0.2, 0.25) is 5.54 Å². The molecule has 0 aromatic heterocycles. The molecule has 0 aromatic rings. The summed E-state index contributed by atoms with van der Waals surface area (Å²) in [5.41, 5.74) is 0.755. The molecule has 18 heavy (non-hydrogen) atoms. The lowest BCUT2D eigenvalue weighted by Crippen LogP contribution is -2.34. The molecule has 3 heteroatoms. The minimum absolute atomic E-state index is 0.755. The lowest BCUT2D eigenvalue weighted by Gasteiger charge is -2.34. The first-order valence-corrected chi connectivity index (χ1v) is 9.67. The summed E-state index contributed by atoms with van der Waals surface area (Å²) in [6.07, 6.45) is 11.1. The van der Waals surface area contributed by atoms with Gasteiger partial charge in [-0.15, -0.1) is 0 Å². The molecule has 0 amide bonds. The van der Waals surface area contributed by atoms with Crippen molar-refractivity contribution < 1.29 is 8.85 Å². The molecular weight excluding hydrogens is 240 g/mol. The lowest BCUT2D eigenvalue weighted by molar-refractivity contribution is 0.180. The van der Waals surface area contributed by atoms with Crippen molar-refractivity contribution >= 4 is 9.28 Å². The Morgan fingerprint density at radius 1 is 1.00 bits per heavy atom. The van der Waals surface area contributed by atoms with E-state index in [1.165, 1.54) is 51.4 Å². The zero-order chi connectivity index (χ0) is 13.2. The van der Waals surface area contributed by atoms with E-state index in [1.54, 1.807) is 0 Å². The lowest BCUT2D eigenvalue weighted by atomic mass is 9.85. The van der Waals surface area contributed by atoms with Gasteiger partial charge in [0.05, 0.1) is 0 Å². The minimum Gasteiger partial charge on any atom is -0.397 e. The number of unbranched alkanes of at least 4 members (excludes halogenated alkanes) is 1. The number of hydrogen-bond acceptors (Lipinski definition) is 2. The molecule has 1 aliphatic rings. The van der Waals surface area contributed by atoms with E-state index in [9.17, 15) is 0 Å². The van der Waals surface area contributed by atoms with Gasteiger partial charge in [-0.3, -0.25) is 0 Å². The Balaban J connectivity index is 2.59. The van der Waals surface area contributed by atoms with Crippen LogP contribution in [0.15, 0.2) is 0 Å². The Bertz CT molecular complexity index is 187. The summed E-state index contributed by atoms with van der Waals surface area (Å²) in [5, 5.41) is 0. The van der Waals surface area contributed by atoms with Crippen LogP contribution in [0.5, 0.6) is 0 Å². The monoisotopic (exact) mass is 272 g/mol. The third kappa shape index (κ3) is 5.41. The molecule has 1 unspecified atom stereocenters. The summed E-state index contributed by atoms with van der Waals surface area (Å²) in [5.74, 6) is 0.889. The van der Waals surface area contributed by atoms with Crippen molar-refractivity contribution in [3.05, 3.63) is 0 Å². The highest BCUT2D eigenvalue weighted by Gasteiger charge is 2.33. The molecular formula is C15H32O2Si. The third-order valence-corrected chi connectivity index (χ3v) is 7.06. The number of hydrogen-bond donors (Lipinski definition) is 0. The first kappa shape index (κ1) is 16.2. The average molecular weight is 273 g/mol. The van der Waals surface area contributed by atoms with E-state index in [4.69, 9.17) is 8.85 Å². The fourth-order valence-corrected chi connectivity index (χ4v) is 5.80. The summed E-state index contributed by atoms with van der Waals surface area (Å²) in [6.45, 7) is 8.15. The third-order valence-electron chi connectivity index (χ3n) is 4.16. The molecule has 0 heterocycles. The largest absolute Gasteiger partial charge is 0.397 e. The van der Waals surface area contributed by atoms with E-state index in [-0.39, 0.29) is 0 Å². The van der Waals surface area contributed by atoms with Gasteiger partial charge in [0.25, 0.3) is 0 Å². The molecule has 0 saturated heterocycles. The molecule has 1 rings (SSSR count). The predicted molar refractivity (Wildman–Crippen MR) is 80.3 cm³/mol. The highest BCUT2D eigenvalue weighted by Crippen LogP contribution is 2.38. The molecule has 1 saturated carbocycles. The van der Waals surface area contributed by atoms with E-state index < -0.39 is 9.28 Å². The van der Waals surface area contributed by atoms with Gasteiger partial charge >= 0.3 is 9.28 Å². The first-order chi connectivity index (χ1) is 8.83. The summed E-state index contributed by atoms with van der Waals surface area (Å²) < 4.78 is 12.0. The topological polar surface area (TPSA) is 18.5 Å². The Labute approximate surface area is 115 Å². The van der Waals surface area contributed by atoms with Crippen molar-refractivity contribution in [2.45, 2.75) is 77.7 Å². The highest BCUT2D eigenvalue weighted by atomic mass is 28.3. The fraction of sp³-hybridized carbons (Fsp3) is 1.00. The van der Waals surface area contributed by atoms with Gasteiger partial charge in [0.2, 0.25) is 0 Å². The van der Waals surface area contributed by atoms with E-state index in [1.807, 2.05) is 0 Å². The molecule has 1 aliphatic carbocycles. The second kappa shape index (κ2) is 9.99. The minimum atomic E-state index is -1.45. The molecule has 2 nitrogen and oxygen atoms in total. The Hall–Kier alpha value is 0.137. The van der Waals surface area contributed by atoms with Gasteiger partial charge in [-0.25, -0.2) is 0 Å². The van der Waals surface area contributed by atoms with E-state index in [0.717, 1.165) is 24.7 Å². The van der Waals surface area contributed by atoms with Crippen molar-refractivity contribution in [3.63, 3.8) is 0 Å². The Morgan fingerprint density at radius 3 is 2.11 bits per heavy atom. The summed E-state index contributed by atoms with van der Waals surface area (Å²) in [4.78, 5) is 0. The SMILES string of the molecule is CCCCC(C1CCCCC1)[SiH](OCC)OCC.